The molecule has 0 radical (unpaired) electrons. The highest BCUT2D eigenvalue weighted by Crippen LogP contribution is 2.56. The van der Waals surface area contributed by atoms with Crippen molar-refractivity contribution in [2.24, 2.45) is 11.8 Å². The Kier molecular flexibility index (Phi) is 16.1. The molecule has 0 fully saturated rings. The fourth-order valence-electron chi connectivity index (χ4n) is 9.40. The summed E-state index contributed by atoms with van der Waals surface area (Å²) in [6, 6.07) is 41.2. The van der Waals surface area contributed by atoms with E-state index in [0.29, 0.717) is 11.8 Å². The lowest BCUT2D eigenvalue weighted by Crippen LogP contribution is -2.25. The Morgan fingerprint density at radius 1 is 0.492 bits per heavy atom. The number of ether oxygens (including phenoxy) is 2. The van der Waals surface area contributed by atoms with E-state index in [1.807, 2.05) is 22.7 Å². The average Bonchev–Trinajstić information content (AvgIpc) is 4.03. The van der Waals surface area contributed by atoms with Crippen molar-refractivity contribution in [1.82, 2.24) is 0 Å². The van der Waals surface area contributed by atoms with Crippen LogP contribution in [0, 0.1) is 11.8 Å². The second-order valence-corrected chi connectivity index (χ2v) is 20.8. The van der Waals surface area contributed by atoms with Gasteiger partial charge in [-0.15, -0.1) is 22.7 Å². The Morgan fingerprint density at radius 2 is 0.857 bits per heavy atom. The van der Waals surface area contributed by atoms with Crippen LogP contribution < -0.4 is 9.47 Å². The number of rotatable bonds is 22. The molecule has 0 N–H and O–H groups in total. The molecule has 6 aromatic rings. The van der Waals surface area contributed by atoms with E-state index < -0.39 is 0 Å². The molecule has 330 valence electrons. The number of thiophene rings is 2. The molecule has 2 nitrogen and oxygen atoms in total. The van der Waals surface area contributed by atoms with Crippen molar-refractivity contribution in [3.63, 3.8) is 0 Å². The summed E-state index contributed by atoms with van der Waals surface area (Å²) in [6.45, 7) is 19.6. The third-order valence-corrected chi connectivity index (χ3v) is 15.3. The minimum absolute atomic E-state index is 0.00118. The Labute approximate surface area is 388 Å². The summed E-state index contributed by atoms with van der Waals surface area (Å²) in [4.78, 5) is 5.22. The van der Waals surface area contributed by atoms with Crippen molar-refractivity contribution in [2.75, 3.05) is 13.2 Å². The molecule has 7 rings (SSSR count). The lowest BCUT2D eigenvalue weighted by atomic mass is 9.71. The van der Waals surface area contributed by atoms with E-state index in [4.69, 9.17) is 9.47 Å². The molecule has 2 heterocycles. The first-order valence-electron chi connectivity index (χ1n) is 23.8. The Morgan fingerprint density at radius 3 is 1.22 bits per heavy atom. The van der Waals surface area contributed by atoms with E-state index in [0.717, 1.165) is 76.1 Å². The maximum atomic E-state index is 6.16. The average molecular weight is 875 g/mol. The van der Waals surface area contributed by atoms with Crippen LogP contribution in [0.5, 0.6) is 11.5 Å². The molecule has 0 spiro atoms. The molecule has 0 saturated carbocycles. The normalized spacial score (nSPS) is 13.5. The molecular weight excluding hydrogens is 805 g/mol. The van der Waals surface area contributed by atoms with Gasteiger partial charge in [0.2, 0.25) is 0 Å². The Bertz CT molecular complexity index is 2280. The van der Waals surface area contributed by atoms with Crippen LogP contribution in [-0.2, 0) is 5.41 Å². The monoisotopic (exact) mass is 874 g/mol. The van der Waals surface area contributed by atoms with Crippen molar-refractivity contribution in [1.29, 1.82) is 0 Å². The van der Waals surface area contributed by atoms with Crippen molar-refractivity contribution >= 4 is 22.7 Å². The summed E-state index contributed by atoms with van der Waals surface area (Å²) in [5.41, 5.74) is 13.7. The van der Waals surface area contributed by atoms with E-state index >= 15 is 0 Å². The molecule has 4 heteroatoms. The predicted molar refractivity (Wildman–Crippen MR) is 276 cm³/mol. The van der Waals surface area contributed by atoms with Crippen LogP contribution in [0.2, 0.25) is 0 Å². The highest BCUT2D eigenvalue weighted by atomic mass is 32.1. The molecule has 0 saturated heterocycles. The summed E-state index contributed by atoms with van der Waals surface area (Å²) in [5.74, 6) is 3.22. The van der Waals surface area contributed by atoms with Crippen molar-refractivity contribution in [3.8, 4) is 64.4 Å². The van der Waals surface area contributed by atoms with Gasteiger partial charge >= 0.3 is 0 Å². The smallest absolute Gasteiger partial charge is 0.119 e. The van der Waals surface area contributed by atoms with Gasteiger partial charge in [0, 0.05) is 24.9 Å². The first-order chi connectivity index (χ1) is 30.6. The van der Waals surface area contributed by atoms with Gasteiger partial charge in [0.05, 0.1) is 13.2 Å². The fraction of sp³-hybridized carbons (Fsp3) is 0.390. The van der Waals surface area contributed by atoms with Crippen molar-refractivity contribution < 1.29 is 9.47 Å². The summed E-state index contributed by atoms with van der Waals surface area (Å²) < 4.78 is 12.3. The third-order valence-electron chi connectivity index (χ3n) is 13.0. The van der Waals surface area contributed by atoms with E-state index in [1.54, 1.807) is 0 Å². The molecule has 4 aromatic carbocycles. The first kappa shape index (κ1) is 46.4. The summed E-state index contributed by atoms with van der Waals surface area (Å²) in [6.07, 6.45) is 16.2. The van der Waals surface area contributed by atoms with Gasteiger partial charge in [0.15, 0.2) is 0 Å². The van der Waals surface area contributed by atoms with Gasteiger partial charge in [0.1, 0.15) is 11.5 Å². The SMILES string of the molecule is CCCC1(CCC)c2cc(-c3ccc(-c4ccc(OCCC(C)CCC=C(C)C)cc4)s3)ccc2-c2ccc(-c3ccc(-c4ccc(OCC[C@H](C)CCC=C(C)C)cc4)s3)cc21. The largest absolute Gasteiger partial charge is 0.494 e. The number of hydrogen-bond donors (Lipinski definition) is 0. The van der Waals surface area contributed by atoms with Gasteiger partial charge in [0.25, 0.3) is 0 Å². The number of fused-ring (bicyclic) bond motifs is 3. The van der Waals surface area contributed by atoms with E-state index in [9.17, 15) is 0 Å². The molecule has 2 aromatic heterocycles. The van der Waals surface area contributed by atoms with E-state index in [-0.39, 0.29) is 5.41 Å². The molecule has 1 unspecified atom stereocenters. The van der Waals surface area contributed by atoms with Crippen LogP contribution >= 0.6 is 22.7 Å². The van der Waals surface area contributed by atoms with Crippen LogP contribution in [0.1, 0.15) is 131 Å². The topological polar surface area (TPSA) is 18.5 Å². The molecule has 0 amide bonds. The van der Waals surface area contributed by atoms with Gasteiger partial charge < -0.3 is 9.47 Å². The second kappa shape index (κ2) is 21.8. The van der Waals surface area contributed by atoms with Crippen molar-refractivity contribution in [3.05, 3.63) is 144 Å². The second-order valence-electron chi connectivity index (χ2n) is 18.7. The zero-order valence-corrected chi connectivity index (χ0v) is 41.0. The highest BCUT2D eigenvalue weighted by molar-refractivity contribution is 7.19. The van der Waals surface area contributed by atoms with Gasteiger partial charge in [-0.3, -0.25) is 0 Å². The first-order valence-corrected chi connectivity index (χ1v) is 25.4. The fourth-order valence-corrected chi connectivity index (χ4v) is 11.4. The molecular formula is C59H70O2S2. The Balaban J connectivity index is 1.04. The molecule has 1 aliphatic carbocycles. The van der Waals surface area contributed by atoms with E-state index in [2.05, 4.69) is 177 Å². The maximum Gasteiger partial charge on any atom is 0.119 e. The van der Waals surface area contributed by atoms with E-state index in [1.165, 1.54) is 88.0 Å². The standard InChI is InChI=1S/C59H70O2S2/c1-9-35-59(36-10-2)53-39-47(57-31-29-55(62-57)45-17-23-49(24-18-45)60-37-33-43(7)15-11-13-41(3)4)21-27-51(53)52-28-22-48(40-54(52)59)58-32-30-56(63-58)46-19-25-50(26-20-46)61-38-34-44(8)16-12-14-42(5)6/h13-14,17-32,39-40,43-44H,9-12,15-16,33-38H2,1-8H3/t43-,44?/m1/s1. The summed E-state index contributed by atoms with van der Waals surface area (Å²) in [5, 5.41) is 0. The number of allylic oxidation sites excluding steroid dienone is 4. The lowest BCUT2D eigenvalue weighted by molar-refractivity contribution is 0.279. The van der Waals surface area contributed by atoms with Gasteiger partial charge in [-0.1, -0.05) is 88.1 Å². The molecule has 1 aliphatic rings. The molecule has 0 bridgehead atoms. The number of hydrogen-bond acceptors (Lipinski definition) is 4. The highest BCUT2D eigenvalue weighted by Gasteiger charge is 2.42. The van der Waals surface area contributed by atoms with Crippen LogP contribution in [0.15, 0.2) is 132 Å². The minimum Gasteiger partial charge on any atom is -0.494 e. The third kappa shape index (κ3) is 11.6. The molecule has 2 atom stereocenters. The lowest BCUT2D eigenvalue weighted by Gasteiger charge is -2.32. The predicted octanol–water partition coefficient (Wildman–Crippen LogP) is 18.6. The zero-order valence-electron chi connectivity index (χ0n) is 39.3. The zero-order chi connectivity index (χ0) is 44.3. The number of benzene rings is 4. The minimum atomic E-state index is -0.00118. The van der Waals surface area contributed by atoms with Crippen LogP contribution in [-0.4, -0.2) is 13.2 Å². The molecule has 63 heavy (non-hydrogen) atoms. The molecule has 0 aliphatic heterocycles. The Hall–Kier alpha value is -4.64. The van der Waals surface area contributed by atoms with Crippen LogP contribution in [0.25, 0.3) is 52.9 Å². The van der Waals surface area contributed by atoms with Crippen LogP contribution in [0.3, 0.4) is 0 Å². The van der Waals surface area contributed by atoms with Gasteiger partial charge in [-0.25, -0.2) is 0 Å². The quantitative estimate of drug-likeness (QED) is 0.0633. The van der Waals surface area contributed by atoms with Gasteiger partial charge in [-0.05, 0) is 220 Å². The maximum absolute atomic E-state index is 6.16. The van der Waals surface area contributed by atoms with Crippen LogP contribution in [0.4, 0.5) is 0 Å². The van der Waals surface area contributed by atoms with Gasteiger partial charge in [-0.2, -0.15) is 0 Å². The summed E-state index contributed by atoms with van der Waals surface area (Å²) in [7, 11) is 0. The summed E-state index contributed by atoms with van der Waals surface area (Å²) >= 11 is 3.78. The van der Waals surface area contributed by atoms with Crippen molar-refractivity contribution in [2.45, 2.75) is 125 Å².